The number of imidazole rings is 1. The molecule has 12 heteroatoms. The number of nitrogens with zero attached hydrogens (tertiary/aromatic N) is 5. The molecule has 10 nitrogen and oxygen atoms in total. The Morgan fingerprint density at radius 2 is 1.91 bits per heavy atom. The molecule has 0 aliphatic carbocycles. The summed E-state index contributed by atoms with van der Waals surface area (Å²) in [5, 5.41) is 5.89. The van der Waals surface area contributed by atoms with Crippen LogP contribution in [0.3, 0.4) is 0 Å². The first-order valence-electron chi connectivity index (χ1n) is 9.34. The molecule has 3 heterocycles. The molecule has 0 atom stereocenters. The molecule has 0 fully saturated rings. The smallest absolute Gasteiger partial charge is 0.387 e. The zero-order valence-electron chi connectivity index (χ0n) is 17.0. The summed E-state index contributed by atoms with van der Waals surface area (Å²) < 4.78 is 30.8. The van der Waals surface area contributed by atoms with Gasteiger partial charge in [-0.1, -0.05) is 0 Å². The average Bonchev–Trinajstić information content (AvgIpc) is 3.15. The number of nitrogens with two attached hydrogens (primary N) is 1. The SMILES string of the molecule is CNc1nc(Nc2ccc(OC(F)F)cc2)c(C(N)=O)nc1-c1cncc2c1ncn2C. The second-order valence-electron chi connectivity index (χ2n) is 6.67. The van der Waals surface area contributed by atoms with Crippen molar-refractivity contribution < 1.29 is 18.3 Å². The highest BCUT2D eigenvalue weighted by molar-refractivity contribution is 5.99. The summed E-state index contributed by atoms with van der Waals surface area (Å²) in [6.45, 7) is -2.93. The Balaban J connectivity index is 1.77. The number of carbonyl (C=O) groups is 1. The summed E-state index contributed by atoms with van der Waals surface area (Å²) in [5.41, 5.74) is 8.25. The number of aryl methyl sites for hydroxylation is 1. The fourth-order valence-corrected chi connectivity index (χ4v) is 3.13. The third-order valence-corrected chi connectivity index (χ3v) is 4.60. The number of pyridine rings is 1. The van der Waals surface area contributed by atoms with Crippen molar-refractivity contribution in [2.45, 2.75) is 6.61 Å². The molecular weight excluding hydrogens is 422 g/mol. The Hall–Kier alpha value is -4.35. The molecule has 4 rings (SSSR count). The largest absolute Gasteiger partial charge is 0.435 e. The van der Waals surface area contributed by atoms with Crippen LogP contribution in [0.5, 0.6) is 5.75 Å². The maximum atomic E-state index is 12.3. The van der Waals surface area contributed by atoms with Crippen LogP contribution >= 0.6 is 0 Å². The predicted octanol–water partition coefficient (Wildman–Crippen LogP) is 2.91. The van der Waals surface area contributed by atoms with E-state index >= 15 is 0 Å². The molecule has 1 aromatic carbocycles. The Kier molecular flexibility index (Phi) is 5.50. The lowest BCUT2D eigenvalue weighted by Crippen LogP contribution is -2.18. The molecule has 4 aromatic rings. The topological polar surface area (TPSA) is 133 Å². The number of amides is 1. The highest BCUT2D eigenvalue weighted by Gasteiger charge is 2.21. The van der Waals surface area contributed by atoms with E-state index in [9.17, 15) is 13.6 Å². The predicted molar refractivity (Wildman–Crippen MR) is 114 cm³/mol. The minimum Gasteiger partial charge on any atom is -0.435 e. The lowest BCUT2D eigenvalue weighted by Gasteiger charge is -2.14. The van der Waals surface area contributed by atoms with Gasteiger partial charge in [0.25, 0.3) is 5.91 Å². The quantitative estimate of drug-likeness (QED) is 0.400. The lowest BCUT2D eigenvalue weighted by atomic mass is 10.1. The summed E-state index contributed by atoms with van der Waals surface area (Å²) in [4.78, 5) is 29.7. The number of carbonyl (C=O) groups excluding carboxylic acids is 1. The maximum Gasteiger partial charge on any atom is 0.387 e. The molecule has 0 spiro atoms. The fraction of sp³-hybridized carbons (Fsp3) is 0.150. The van der Waals surface area contributed by atoms with Gasteiger partial charge in [-0.15, -0.1) is 0 Å². The van der Waals surface area contributed by atoms with Gasteiger partial charge in [-0.05, 0) is 24.3 Å². The number of fused-ring (bicyclic) bond motifs is 1. The number of rotatable bonds is 7. The van der Waals surface area contributed by atoms with Crippen LogP contribution < -0.4 is 21.1 Å². The van der Waals surface area contributed by atoms with Gasteiger partial charge >= 0.3 is 6.61 Å². The zero-order valence-corrected chi connectivity index (χ0v) is 17.0. The molecule has 0 saturated heterocycles. The average molecular weight is 440 g/mol. The molecule has 164 valence electrons. The number of alkyl halides is 2. The lowest BCUT2D eigenvalue weighted by molar-refractivity contribution is -0.0498. The van der Waals surface area contributed by atoms with Crippen LogP contribution in [0.25, 0.3) is 22.3 Å². The van der Waals surface area contributed by atoms with Crippen molar-refractivity contribution in [2.75, 3.05) is 17.7 Å². The number of nitrogens with one attached hydrogen (secondary N) is 2. The first-order valence-corrected chi connectivity index (χ1v) is 9.34. The van der Waals surface area contributed by atoms with Crippen LogP contribution in [-0.4, -0.2) is 44.1 Å². The van der Waals surface area contributed by atoms with Crippen molar-refractivity contribution in [2.24, 2.45) is 12.8 Å². The summed E-state index contributed by atoms with van der Waals surface area (Å²) in [6, 6.07) is 5.70. The van der Waals surface area contributed by atoms with Gasteiger partial charge in [0.1, 0.15) is 17.0 Å². The van der Waals surface area contributed by atoms with Crippen LogP contribution in [0.4, 0.5) is 26.1 Å². The van der Waals surface area contributed by atoms with E-state index in [0.29, 0.717) is 28.3 Å². The van der Waals surface area contributed by atoms with Crippen molar-refractivity contribution in [1.82, 2.24) is 24.5 Å². The molecule has 0 saturated carbocycles. The molecule has 0 radical (unpaired) electrons. The number of hydrogen-bond donors (Lipinski definition) is 3. The van der Waals surface area contributed by atoms with Crippen LogP contribution in [0.2, 0.25) is 0 Å². The van der Waals surface area contributed by atoms with E-state index in [-0.39, 0.29) is 17.3 Å². The number of ether oxygens (including phenoxy) is 1. The van der Waals surface area contributed by atoms with Gasteiger partial charge in [-0.3, -0.25) is 9.78 Å². The summed E-state index contributed by atoms with van der Waals surface area (Å²) in [7, 11) is 3.49. The third kappa shape index (κ3) is 3.97. The van der Waals surface area contributed by atoms with Gasteiger partial charge in [-0.2, -0.15) is 8.78 Å². The van der Waals surface area contributed by atoms with Crippen LogP contribution in [0.15, 0.2) is 43.0 Å². The maximum absolute atomic E-state index is 12.3. The second kappa shape index (κ2) is 8.41. The highest BCUT2D eigenvalue weighted by Crippen LogP contribution is 2.32. The van der Waals surface area contributed by atoms with Gasteiger partial charge in [0.05, 0.1) is 23.6 Å². The van der Waals surface area contributed by atoms with Crippen LogP contribution in [0.1, 0.15) is 10.5 Å². The Morgan fingerprint density at radius 3 is 2.56 bits per heavy atom. The molecular formula is C20H18F2N8O2. The van der Waals surface area contributed by atoms with Crippen molar-refractivity contribution in [3.8, 4) is 17.0 Å². The summed E-state index contributed by atoms with van der Waals surface area (Å²) >= 11 is 0. The van der Waals surface area contributed by atoms with E-state index in [0.717, 1.165) is 5.52 Å². The Morgan fingerprint density at radius 1 is 1.16 bits per heavy atom. The monoisotopic (exact) mass is 440 g/mol. The number of primary amides is 1. The van der Waals surface area contributed by atoms with E-state index in [4.69, 9.17) is 5.73 Å². The van der Waals surface area contributed by atoms with Crippen molar-refractivity contribution in [3.63, 3.8) is 0 Å². The van der Waals surface area contributed by atoms with Crippen molar-refractivity contribution in [1.29, 1.82) is 0 Å². The Labute approximate surface area is 180 Å². The standard InChI is InChI=1S/C20H18F2N8O2/c1-24-18-15(12-7-25-8-13-14(12)26-9-30(13)2)28-16(17(23)31)19(29-18)27-10-3-5-11(6-4-10)32-20(21)22/h3-9,20H,1-2H3,(H2,23,31)(H2,24,27,29). The van der Waals surface area contributed by atoms with Crippen LogP contribution in [-0.2, 0) is 7.05 Å². The van der Waals surface area contributed by atoms with Gasteiger partial charge < -0.3 is 25.7 Å². The fourth-order valence-electron chi connectivity index (χ4n) is 3.13. The second-order valence-corrected chi connectivity index (χ2v) is 6.67. The van der Waals surface area contributed by atoms with E-state index in [1.54, 1.807) is 25.8 Å². The number of halogens is 2. The highest BCUT2D eigenvalue weighted by atomic mass is 19.3. The number of hydrogen-bond acceptors (Lipinski definition) is 8. The number of aromatic nitrogens is 5. The van der Waals surface area contributed by atoms with E-state index < -0.39 is 12.5 Å². The van der Waals surface area contributed by atoms with E-state index in [1.807, 2.05) is 11.6 Å². The molecule has 32 heavy (non-hydrogen) atoms. The molecule has 4 N–H and O–H groups in total. The van der Waals surface area contributed by atoms with Crippen LogP contribution in [0, 0.1) is 0 Å². The van der Waals surface area contributed by atoms with Gasteiger partial charge in [0, 0.05) is 26.0 Å². The van der Waals surface area contributed by atoms with Gasteiger partial charge in [0.15, 0.2) is 17.3 Å². The molecule has 1 amide bonds. The molecule has 0 unspecified atom stereocenters. The first-order chi connectivity index (χ1) is 15.4. The molecule has 0 aliphatic heterocycles. The summed E-state index contributed by atoms with van der Waals surface area (Å²) in [5.74, 6) is -0.360. The first kappa shape index (κ1) is 20.9. The Bertz CT molecular complexity index is 1290. The number of anilines is 3. The number of benzene rings is 1. The van der Waals surface area contributed by atoms with E-state index in [2.05, 4.69) is 35.3 Å². The third-order valence-electron chi connectivity index (χ3n) is 4.60. The normalized spacial score (nSPS) is 11.0. The minimum atomic E-state index is -2.93. The van der Waals surface area contributed by atoms with Crippen molar-refractivity contribution in [3.05, 3.63) is 48.7 Å². The van der Waals surface area contributed by atoms with Crippen molar-refractivity contribution >= 4 is 34.3 Å². The van der Waals surface area contributed by atoms with Gasteiger partial charge in [0.2, 0.25) is 0 Å². The van der Waals surface area contributed by atoms with Gasteiger partial charge in [-0.25, -0.2) is 15.0 Å². The molecule has 0 aliphatic rings. The van der Waals surface area contributed by atoms with E-state index in [1.165, 1.54) is 24.3 Å². The summed E-state index contributed by atoms with van der Waals surface area (Å²) in [6.07, 6.45) is 4.90. The minimum absolute atomic E-state index is 0.00558. The molecule has 0 bridgehead atoms. The molecule has 3 aromatic heterocycles. The zero-order chi connectivity index (χ0) is 22.8.